The molecule has 36 heavy (non-hydrogen) atoms. The normalized spacial score (nSPS) is 30.4. The van der Waals surface area contributed by atoms with Crippen molar-refractivity contribution in [2.75, 3.05) is 32.8 Å². The Kier molecular flexibility index (Phi) is 10.1. The number of esters is 1. The summed E-state index contributed by atoms with van der Waals surface area (Å²) in [6.45, 7) is 13.4. The third-order valence-corrected chi connectivity index (χ3v) is 10.0. The smallest absolute Gasteiger partial charge is 0.311 e. The first-order valence-electron chi connectivity index (χ1n) is 13.6. The van der Waals surface area contributed by atoms with Crippen molar-refractivity contribution in [1.29, 1.82) is 0 Å². The van der Waals surface area contributed by atoms with Gasteiger partial charge in [0.25, 0.3) is 0 Å². The number of fused-ring (bicyclic) bond motifs is 1. The SMILES string of the molecule is C=CCCCCOC(=O)[C@H]1[C@H]2C(=O)N(CCCO)C(C(=O)N(CC=C)CCCCC)C23CC[C@]1(C)S3. The highest BCUT2D eigenvalue weighted by molar-refractivity contribution is 8.02. The molecule has 0 aromatic heterocycles. The van der Waals surface area contributed by atoms with E-state index in [0.29, 0.717) is 32.7 Å². The van der Waals surface area contributed by atoms with Crippen LogP contribution in [-0.2, 0) is 19.1 Å². The van der Waals surface area contributed by atoms with E-state index in [1.807, 2.05) is 11.0 Å². The Morgan fingerprint density at radius 3 is 2.64 bits per heavy atom. The summed E-state index contributed by atoms with van der Waals surface area (Å²) in [7, 11) is 0. The number of amides is 2. The molecule has 1 spiro atoms. The van der Waals surface area contributed by atoms with Crippen molar-refractivity contribution in [3.8, 4) is 0 Å². The Bertz CT molecular complexity index is 835. The van der Waals surface area contributed by atoms with Crippen molar-refractivity contribution >= 4 is 29.5 Å². The first-order chi connectivity index (χ1) is 17.3. The van der Waals surface area contributed by atoms with Gasteiger partial charge in [0.1, 0.15) is 6.04 Å². The lowest BCUT2D eigenvalue weighted by molar-refractivity contribution is -0.155. The van der Waals surface area contributed by atoms with Gasteiger partial charge in [0.15, 0.2) is 0 Å². The molecule has 0 aromatic carbocycles. The number of unbranched alkanes of at least 4 members (excludes halogenated alkanes) is 4. The van der Waals surface area contributed by atoms with Gasteiger partial charge in [-0.2, -0.15) is 0 Å². The number of aliphatic hydroxyl groups is 1. The summed E-state index contributed by atoms with van der Waals surface area (Å²) < 4.78 is 4.63. The zero-order valence-corrected chi connectivity index (χ0v) is 22.9. The lowest BCUT2D eigenvalue weighted by atomic mass is 9.66. The van der Waals surface area contributed by atoms with Gasteiger partial charge in [-0.3, -0.25) is 14.4 Å². The minimum atomic E-state index is -0.644. The number of nitrogens with zero attached hydrogens (tertiary/aromatic N) is 2. The average molecular weight is 521 g/mol. The maximum absolute atomic E-state index is 14.1. The maximum atomic E-state index is 14.1. The zero-order chi connectivity index (χ0) is 26.3. The van der Waals surface area contributed by atoms with Gasteiger partial charge < -0.3 is 19.6 Å². The van der Waals surface area contributed by atoms with Crippen molar-refractivity contribution in [2.24, 2.45) is 11.8 Å². The fraction of sp³-hybridized carbons (Fsp3) is 0.750. The monoisotopic (exact) mass is 520 g/mol. The second-order valence-electron chi connectivity index (χ2n) is 10.6. The first-order valence-corrected chi connectivity index (χ1v) is 14.4. The molecule has 1 N–H and O–H groups in total. The number of carbonyl (C=O) groups is 3. The Balaban J connectivity index is 1.89. The van der Waals surface area contributed by atoms with E-state index in [0.717, 1.165) is 51.4 Å². The molecule has 3 heterocycles. The van der Waals surface area contributed by atoms with Crippen molar-refractivity contribution in [2.45, 2.75) is 87.2 Å². The van der Waals surface area contributed by atoms with Crippen LogP contribution in [0.4, 0.5) is 0 Å². The molecule has 0 radical (unpaired) electrons. The number of allylic oxidation sites excluding steroid dienone is 1. The summed E-state index contributed by atoms with van der Waals surface area (Å²) >= 11 is 1.66. The topological polar surface area (TPSA) is 87.1 Å². The van der Waals surface area contributed by atoms with Crippen molar-refractivity contribution in [3.05, 3.63) is 25.3 Å². The summed E-state index contributed by atoms with van der Waals surface area (Å²) in [5.41, 5.74) is 0. The van der Waals surface area contributed by atoms with Crippen LogP contribution < -0.4 is 0 Å². The van der Waals surface area contributed by atoms with Gasteiger partial charge in [0, 0.05) is 31.0 Å². The third-order valence-electron chi connectivity index (χ3n) is 8.06. The summed E-state index contributed by atoms with van der Waals surface area (Å²) in [6.07, 6.45) is 11.0. The van der Waals surface area contributed by atoms with E-state index in [1.54, 1.807) is 22.7 Å². The predicted molar refractivity (Wildman–Crippen MR) is 143 cm³/mol. The molecule has 3 rings (SSSR count). The molecule has 8 heteroatoms. The van der Waals surface area contributed by atoms with Crippen LogP contribution in [0.2, 0.25) is 0 Å². The number of likely N-dealkylation sites (tertiary alicyclic amines) is 1. The first kappa shape index (κ1) is 28.8. The molecular formula is C28H44N2O5S. The van der Waals surface area contributed by atoms with Crippen molar-refractivity contribution < 1.29 is 24.2 Å². The maximum Gasteiger partial charge on any atom is 0.311 e. The zero-order valence-electron chi connectivity index (χ0n) is 22.1. The molecule has 2 bridgehead atoms. The number of carbonyl (C=O) groups excluding carboxylic acids is 3. The molecule has 202 valence electrons. The van der Waals surface area contributed by atoms with E-state index < -0.39 is 27.4 Å². The molecule has 0 saturated carbocycles. The number of ether oxygens (including phenoxy) is 1. The van der Waals surface area contributed by atoms with Crippen LogP contribution in [0.1, 0.15) is 71.6 Å². The molecule has 3 aliphatic heterocycles. The highest BCUT2D eigenvalue weighted by atomic mass is 32.2. The average Bonchev–Trinajstić information content (AvgIpc) is 3.42. The van der Waals surface area contributed by atoms with E-state index in [1.165, 1.54) is 0 Å². The number of aliphatic hydroxyl groups excluding tert-OH is 1. The quantitative estimate of drug-likeness (QED) is 0.188. The predicted octanol–water partition coefficient (Wildman–Crippen LogP) is 3.95. The number of hydrogen-bond acceptors (Lipinski definition) is 6. The number of hydrogen-bond donors (Lipinski definition) is 1. The van der Waals surface area contributed by atoms with Crippen LogP contribution in [0.5, 0.6) is 0 Å². The van der Waals surface area contributed by atoms with E-state index in [9.17, 15) is 19.5 Å². The lowest BCUT2D eigenvalue weighted by Crippen LogP contribution is -2.55. The van der Waals surface area contributed by atoms with Gasteiger partial charge in [0.05, 0.1) is 23.2 Å². The highest BCUT2D eigenvalue weighted by Crippen LogP contribution is 2.71. The fourth-order valence-electron chi connectivity index (χ4n) is 6.37. The van der Waals surface area contributed by atoms with E-state index in [2.05, 4.69) is 27.0 Å². The highest BCUT2D eigenvalue weighted by Gasteiger charge is 2.77. The van der Waals surface area contributed by atoms with Crippen LogP contribution in [-0.4, -0.2) is 81.1 Å². The van der Waals surface area contributed by atoms with Gasteiger partial charge in [-0.15, -0.1) is 24.9 Å². The molecular weight excluding hydrogens is 476 g/mol. The second-order valence-corrected chi connectivity index (χ2v) is 12.5. The summed E-state index contributed by atoms with van der Waals surface area (Å²) in [4.78, 5) is 44.9. The fourth-order valence-corrected chi connectivity index (χ4v) is 8.71. The Morgan fingerprint density at radius 2 is 1.97 bits per heavy atom. The molecule has 5 atom stereocenters. The molecule has 3 saturated heterocycles. The van der Waals surface area contributed by atoms with Gasteiger partial charge in [-0.25, -0.2) is 0 Å². The number of thioether (sulfide) groups is 1. The molecule has 0 aliphatic carbocycles. The van der Waals surface area contributed by atoms with E-state index in [4.69, 9.17) is 4.74 Å². The van der Waals surface area contributed by atoms with Crippen LogP contribution >= 0.6 is 11.8 Å². The minimum Gasteiger partial charge on any atom is -0.465 e. The molecule has 0 aromatic rings. The minimum absolute atomic E-state index is 0.0593. The van der Waals surface area contributed by atoms with Crippen LogP contribution in [0.25, 0.3) is 0 Å². The second kappa shape index (κ2) is 12.6. The van der Waals surface area contributed by atoms with Crippen molar-refractivity contribution in [3.63, 3.8) is 0 Å². The van der Waals surface area contributed by atoms with Crippen LogP contribution in [0.3, 0.4) is 0 Å². The summed E-state index contributed by atoms with van der Waals surface area (Å²) in [6, 6.07) is -0.639. The third kappa shape index (κ3) is 5.40. The molecule has 7 nitrogen and oxygen atoms in total. The number of rotatable bonds is 16. The van der Waals surface area contributed by atoms with Crippen LogP contribution in [0, 0.1) is 11.8 Å². The standard InChI is InChI=1S/C28H44N2O5S/c1-5-8-10-12-20-35-26(34)22-21-24(32)30(18-13-19-31)23(28(21)15-14-27(22,4)36-28)25(33)29(16-7-3)17-11-9-6-2/h5,7,21-23,31H,1,3,6,8-20H2,2,4H3/t21-,22+,23?,27-,28?/m0/s1. The Morgan fingerprint density at radius 1 is 1.19 bits per heavy atom. The lowest BCUT2D eigenvalue weighted by Gasteiger charge is -2.37. The largest absolute Gasteiger partial charge is 0.465 e. The van der Waals surface area contributed by atoms with Gasteiger partial charge in [-0.1, -0.05) is 31.9 Å². The molecule has 2 amide bonds. The Hall–Kier alpha value is -1.80. The molecule has 3 aliphatic rings. The Labute approximate surface area is 220 Å². The van der Waals surface area contributed by atoms with Gasteiger partial charge >= 0.3 is 5.97 Å². The van der Waals surface area contributed by atoms with Gasteiger partial charge in [0.2, 0.25) is 11.8 Å². The summed E-state index contributed by atoms with van der Waals surface area (Å²) in [5, 5.41) is 9.51. The van der Waals surface area contributed by atoms with Crippen LogP contribution in [0.15, 0.2) is 25.3 Å². The van der Waals surface area contributed by atoms with Gasteiger partial charge in [-0.05, 0) is 51.9 Å². The van der Waals surface area contributed by atoms with E-state index >= 15 is 0 Å². The summed E-state index contributed by atoms with van der Waals surface area (Å²) in [5.74, 6) is -1.65. The van der Waals surface area contributed by atoms with Crippen molar-refractivity contribution in [1.82, 2.24) is 9.80 Å². The molecule has 3 fully saturated rings. The van der Waals surface area contributed by atoms with E-state index in [-0.39, 0.29) is 24.4 Å². The molecule has 2 unspecified atom stereocenters.